The Morgan fingerprint density at radius 2 is 1.91 bits per heavy atom. The molecule has 2 aliphatic rings. The second-order valence-electron chi connectivity index (χ2n) is 9.62. The molecule has 0 unspecified atom stereocenters. The van der Waals surface area contributed by atoms with Gasteiger partial charge in [-0.15, -0.1) is 0 Å². The van der Waals surface area contributed by atoms with Crippen molar-refractivity contribution in [1.82, 2.24) is 4.98 Å². The standard InChI is InChI=1S/C24H29BN4O3/c1-15-11-20(28-22-10-7-17(13-26)14-27-22)19-12-18(8-9-21(19)29(15)16(2)30)25-31-23(3,4)24(5,6)32-25/h7-10,12,14-15,20H,11H2,1-6H3,(H,27,28)/t15-,20+/m0/s1. The summed E-state index contributed by atoms with van der Waals surface area (Å²) < 4.78 is 12.5. The van der Waals surface area contributed by atoms with Crippen LogP contribution in [0.1, 0.15) is 65.1 Å². The molecule has 0 radical (unpaired) electrons. The quantitative estimate of drug-likeness (QED) is 0.747. The number of rotatable bonds is 3. The molecule has 1 amide bonds. The molecule has 7 nitrogen and oxygen atoms in total. The fourth-order valence-electron chi connectivity index (χ4n) is 4.35. The van der Waals surface area contributed by atoms with Crippen molar-refractivity contribution in [2.24, 2.45) is 0 Å². The number of aromatic nitrogens is 1. The molecule has 32 heavy (non-hydrogen) atoms. The first-order valence-electron chi connectivity index (χ1n) is 10.9. The molecule has 8 heteroatoms. The van der Waals surface area contributed by atoms with Crippen LogP contribution in [0.5, 0.6) is 0 Å². The number of anilines is 2. The Bertz CT molecular complexity index is 1060. The summed E-state index contributed by atoms with van der Waals surface area (Å²) in [6, 6.07) is 11.6. The van der Waals surface area contributed by atoms with E-state index in [0.717, 1.165) is 23.1 Å². The molecule has 4 rings (SSSR count). The Hall–Kier alpha value is -2.89. The third-order valence-electron chi connectivity index (χ3n) is 6.78. The lowest BCUT2D eigenvalue weighted by Crippen LogP contribution is -2.44. The summed E-state index contributed by atoms with van der Waals surface area (Å²) in [5.74, 6) is 0.696. The van der Waals surface area contributed by atoms with Gasteiger partial charge in [-0.1, -0.05) is 12.1 Å². The number of amides is 1. The maximum Gasteiger partial charge on any atom is 0.494 e. The van der Waals surface area contributed by atoms with Crippen LogP contribution in [0.25, 0.3) is 0 Å². The summed E-state index contributed by atoms with van der Waals surface area (Å²) in [7, 11) is -0.482. The molecule has 1 fully saturated rings. The highest BCUT2D eigenvalue weighted by Gasteiger charge is 2.52. The van der Waals surface area contributed by atoms with E-state index in [-0.39, 0.29) is 18.0 Å². The van der Waals surface area contributed by atoms with Crippen molar-refractivity contribution in [3.8, 4) is 6.07 Å². The number of pyridine rings is 1. The van der Waals surface area contributed by atoms with E-state index in [0.29, 0.717) is 11.4 Å². The first-order chi connectivity index (χ1) is 15.0. The van der Waals surface area contributed by atoms with Gasteiger partial charge in [-0.3, -0.25) is 4.79 Å². The van der Waals surface area contributed by atoms with E-state index in [2.05, 4.69) is 22.4 Å². The number of hydrogen-bond acceptors (Lipinski definition) is 6. The Morgan fingerprint density at radius 3 is 2.47 bits per heavy atom. The molecule has 1 aromatic carbocycles. The van der Waals surface area contributed by atoms with Crippen molar-refractivity contribution >= 4 is 30.0 Å². The summed E-state index contributed by atoms with van der Waals surface area (Å²) in [5, 5.41) is 12.5. The Morgan fingerprint density at radius 1 is 1.22 bits per heavy atom. The van der Waals surface area contributed by atoms with Gasteiger partial charge < -0.3 is 19.5 Å². The fraction of sp³-hybridized carbons (Fsp3) is 0.458. The van der Waals surface area contributed by atoms with Gasteiger partial charge in [-0.2, -0.15) is 5.26 Å². The van der Waals surface area contributed by atoms with E-state index in [1.807, 2.05) is 51.7 Å². The van der Waals surface area contributed by atoms with Crippen LogP contribution in [0.2, 0.25) is 0 Å². The SMILES string of the molecule is CC(=O)N1c2ccc(B3OC(C)(C)C(C)(C)O3)cc2[C@H](Nc2ccc(C#N)cn2)C[C@@H]1C. The third kappa shape index (κ3) is 3.87. The summed E-state index contributed by atoms with van der Waals surface area (Å²) in [6.07, 6.45) is 2.28. The molecular weight excluding hydrogens is 403 g/mol. The maximum absolute atomic E-state index is 12.4. The fourth-order valence-corrected chi connectivity index (χ4v) is 4.35. The van der Waals surface area contributed by atoms with Gasteiger partial charge in [0.15, 0.2) is 0 Å². The lowest BCUT2D eigenvalue weighted by molar-refractivity contribution is -0.117. The van der Waals surface area contributed by atoms with Crippen molar-refractivity contribution in [2.45, 2.75) is 71.2 Å². The number of benzene rings is 1. The largest absolute Gasteiger partial charge is 0.494 e. The van der Waals surface area contributed by atoms with Crippen LogP contribution < -0.4 is 15.7 Å². The molecule has 2 atom stereocenters. The van der Waals surface area contributed by atoms with Gasteiger partial charge in [0.05, 0.1) is 22.8 Å². The normalized spacial score (nSPS) is 23.4. The first-order valence-corrected chi connectivity index (χ1v) is 10.9. The molecule has 0 aliphatic carbocycles. The predicted molar refractivity (Wildman–Crippen MR) is 125 cm³/mol. The lowest BCUT2D eigenvalue weighted by atomic mass is 9.76. The average Bonchev–Trinajstić information content (AvgIpc) is 2.95. The van der Waals surface area contributed by atoms with Gasteiger partial charge in [0.25, 0.3) is 0 Å². The zero-order valence-corrected chi connectivity index (χ0v) is 19.5. The van der Waals surface area contributed by atoms with Gasteiger partial charge >= 0.3 is 7.12 Å². The minimum Gasteiger partial charge on any atom is -0.399 e. The highest BCUT2D eigenvalue weighted by atomic mass is 16.7. The molecule has 1 N–H and O–H groups in total. The molecule has 2 aromatic rings. The van der Waals surface area contributed by atoms with Crippen LogP contribution in [-0.2, 0) is 14.1 Å². The average molecular weight is 432 g/mol. The minimum absolute atomic E-state index is 0.0112. The van der Waals surface area contributed by atoms with E-state index in [1.165, 1.54) is 0 Å². The number of nitrogens with zero attached hydrogens (tertiary/aromatic N) is 3. The van der Waals surface area contributed by atoms with Gasteiger partial charge in [-0.05, 0) is 70.3 Å². The van der Waals surface area contributed by atoms with Crippen molar-refractivity contribution < 1.29 is 14.1 Å². The summed E-state index contributed by atoms with van der Waals surface area (Å²) in [6.45, 7) is 11.8. The predicted octanol–water partition coefficient (Wildman–Crippen LogP) is 3.55. The number of hydrogen-bond donors (Lipinski definition) is 1. The Balaban J connectivity index is 1.71. The first kappa shape index (κ1) is 22.3. The lowest BCUT2D eigenvalue weighted by Gasteiger charge is -2.39. The zero-order chi connectivity index (χ0) is 23.3. The number of carbonyl (C=O) groups is 1. The van der Waals surface area contributed by atoms with Crippen molar-refractivity contribution in [2.75, 3.05) is 10.2 Å². The molecule has 3 heterocycles. The Labute approximate surface area is 189 Å². The third-order valence-corrected chi connectivity index (χ3v) is 6.78. The summed E-state index contributed by atoms with van der Waals surface area (Å²) in [5.41, 5.74) is 2.44. The number of fused-ring (bicyclic) bond motifs is 1. The van der Waals surface area contributed by atoms with E-state index in [1.54, 1.807) is 25.3 Å². The molecule has 2 aliphatic heterocycles. The highest BCUT2D eigenvalue weighted by molar-refractivity contribution is 6.62. The number of nitrogens with one attached hydrogen (secondary N) is 1. The Kier molecular flexibility index (Phi) is 5.52. The monoisotopic (exact) mass is 432 g/mol. The molecule has 1 saturated heterocycles. The van der Waals surface area contributed by atoms with Gasteiger partial charge in [0.1, 0.15) is 11.9 Å². The second-order valence-corrected chi connectivity index (χ2v) is 9.62. The van der Waals surface area contributed by atoms with Gasteiger partial charge in [-0.25, -0.2) is 4.98 Å². The van der Waals surface area contributed by atoms with Crippen LogP contribution in [0.3, 0.4) is 0 Å². The van der Waals surface area contributed by atoms with Crippen LogP contribution >= 0.6 is 0 Å². The molecular formula is C24H29BN4O3. The summed E-state index contributed by atoms with van der Waals surface area (Å²) >= 11 is 0. The van der Waals surface area contributed by atoms with E-state index >= 15 is 0 Å². The smallest absolute Gasteiger partial charge is 0.399 e. The molecule has 0 bridgehead atoms. The van der Waals surface area contributed by atoms with E-state index < -0.39 is 18.3 Å². The van der Waals surface area contributed by atoms with Gasteiger partial charge in [0.2, 0.25) is 5.91 Å². The van der Waals surface area contributed by atoms with Crippen molar-refractivity contribution in [3.05, 3.63) is 47.7 Å². The van der Waals surface area contributed by atoms with Crippen molar-refractivity contribution in [1.29, 1.82) is 5.26 Å². The van der Waals surface area contributed by atoms with Crippen LogP contribution in [0.4, 0.5) is 11.5 Å². The van der Waals surface area contributed by atoms with E-state index in [4.69, 9.17) is 14.6 Å². The van der Waals surface area contributed by atoms with Crippen LogP contribution in [-0.4, -0.2) is 35.3 Å². The van der Waals surface area contributed by atoms with Crippen molar-refractivity contribution in [3.63, 3.8) is 0 Å². The zero-order valence-electron chi connectivity index (χ0n) is 19.5. The molecule has 0 saturated carbocycles. The number of nitriles is 1. The highest BCUT2D eigenvalue weighted by Crippen LogP contribution is 2.40. The molecule has 0 spiro atoms. The maximum atomic E-state index is 12.4. The van der Waals surface area contributed by atoms with Crippen LogP contribution in [0, 0.1) is 11.3 Å². The molecule has 166 valence electrons. The van der Waals surface area contributed by atoms with Crippen LogP contribution in [0.15, 0.2) is 36.5 Å². The minimum atomic E-state index is -0.482. The second kappa shape index (κ2) is 7.91. The number of carbonyl (C=O) groups excluding carboxylic acids is 1. The summed E-state index contributed by atoms with van der Waals surface area (Å²) in [4.78, 5) is 18.6. The molecule has 1 aromatic heterocycles. The van der Waals surface area contributed by atoms with Gasteiger partial charge in [0, 0.05) is 24.8 Å². The topological polar surface area (TPSA) is 87.5 Å². The van der Waals surface area contributed by atoms with E-state index in [9.17, 15) is 4.79 Å².